The van der Waals surface area contributed by atoms with Gasteiger partial charge < -0.3 is 4.74 Å². The highest BCUT2D eigenvalue weighted by atomic mass is 35.5. The molecule has 0 radical (unpaired) electrons. The molecule has 0 spiro atoms. The zero-order chi connectivity index (χ0) is 27.6. The topological polar surface area (TPSA) is 88.6 Å². The predicted octanol–water partition coefficient (Wildman–Crippen LogP) is 6.91. The van der Waals surface area contributed by atoms with E-state index in [9.17, 15) is 13.2 Å². The van der Waals surface area contributed by atoms with E-state index in [4.69, 9.17) is 21.3 Å². The van der Waals surface area contributed by atoms with E-state index < -0.39 is 10.0 Å². The molecule has 0 bridgehead atoms. The van der Waals surface area contributed by atoms with E-state index in [-0.39, 0.29) is 10.8 Å². The van der Waals surface area contributed by atoms with Crippen LogP contribution in [0.5, 0.6) is 5.75 Å². The van der Waals surface area contributed by atoms with Crippen molar-refractivity contribution in [2.75, 3.05) is 16.7 Å². The van der Waals surface area contributed by atoms with Gasteiger partial charge in [0.05, 0.1) is 28.8 Å². The zero-order valence-electron chi connectivity index (χ0n) is 21.1. The molecule has 0 fully saturated rings. The van der Waals surface area contributed by atoms with E-state index in [1.807, 2.05) is 49.4 Å². The zero-order valence-corrected chi connectivity index (χ0v) is 23.5. The Morgan fingerprint density at radius 1 is 1.00 bits per heavy atom. The maximum absolute atomic E-state index is 13.8. The van der Waals surface area contributed by atoms with Crippen LogP contribution >= 0.6 is 22.9 Å². The summed E-state index contributed by atoms with van der Waals surface area (Å²) in [6.07, 6.45) is 0. The highest BCUT2D eigenvalue weighted by molar-refractivity contribution is 7.92. The molecule has 0 unspecified atom stereocenters. The Balaban J connectivity index is 1.43. The Morgan fingerprint density at radius 3 is 2.36 bits per heavy atom. The Bertz CT molecular complexity index is 1740. The number of rotatable bonds is 8. The minimum Gasteiger partial charge on any atom is -0.497 e. The summed E-state index contributed by atoms with van der Waals surface area (Å²) in [4.78, 5) is 20.3. The van der Waals surface area contributed by atoms with Gasteiger partial charge in [-0.25, -0.2) is 13.4 Å². The van der Waals surface area contributed by atoms with Crippen LogP contribution in [0.25, 0.3) is 10.2 Å². The van der Waals surface area contributed by atoms with Gasteiger partial charge in [-0.2, -0.15) is 0 Å². The summed E-state index contributed by atoms with van der Waals surface area (Å²) in [5.41, 5.74) is 3.41. The molecule has 1 N–H and O–H groups in total. The Labute approximate surface area is 235 Å². The quantitative estimate of drug-likeness (QED) is 0.216. The van der Waals surface area contributed by atoms with Gasteiger partial charge in [-0.1, -0.05) is 53.3 Å². The van der Waals surface area contributed by atoms with Crippen LogP contribution in [0, 0.1) is 6.92 Å². The summed E-state index contributed by atoms with van der Waals surface area (Å²) in [6, 6.07) is 25.8. The summed E-state index contributed by atoms with van der Waals surface area (Å²) in [5.74, 6) is 0.300. The number of nitrogens with zero attached hydrogens (tertiary/aromatic N) is 2. The van der Waals surface area contributed by atoms with Crippen LogP contribution < -0.4 is 14.4 Å². The van der Waals surface area contributed by atoms with Crippen molar-refractivity contribution < 1.29 is 17.9 Å². The molecule has 39 heavy (non-hydrogen) atoms. The maximum atomic E-state index is 13.8. The lowest BCUT2D eigenvalue weighted by Crippen LogP contribution is -2.30. The fraction of sp³-hybridized carbons (Fsp3) is 0.103. The van der Waals surface area contributed by atoms with Crippen molar-refractivity contribution >= 4 is 59.9 Å². The number of sulfonamides is 1. The molecule has 0 saturated heterocycles. The van der Waals surface area contributed by atoms with Crippen molar-refractivity contribution in [2.24, 2.45) is 0 Å². The molecule has 5 aromatic rings. The van der Waals surface area contributed by atoms with Crippen LogP contribution in [-0.2, 0) is 16.6 Å². The number of aryl methyl sites for hydroxylation is 1. The Kier molecular flexibility index (Phi) is 7.56. The van der Waals surface area contributed by atoms with E-state index in [0.29, 0.717) is 33.7 Å². The van der Waals surface area contributed by atoms with Crippen molar-refractivity contribution in [3.63, 3.8) is 0 Å². The van der Waals surface area contributed by atoms with E-state index >= 15 is 0 Å². The first kappa shape index (κ1) is 26.7. The van der Waals surface area contributed by atoms with Gasteiger partial charge in [0.15, 0.2) is 5.13 Å². The first-order valence-electron chi connectivity index (χ1n) is 11.9. The van der Waals surface area contributed by atoms with Gasteiger partial charge in [-0.05, 0) is 78.7 Å². The number of amides is 1. The average molecular weight is 578 g/mol. The lowest BCUT2D eigenvalue weighted by Gasteiger charge is -2.20. The molecule has 5 rings (SSSR count). The minimum atomic E-state index is -3.81. The number of anilines is 2. The number of carbonyl (C=O) groups excluding carboxylic acids is 1. The van der Waals surface area contributed by atoms with E-state index in [1.54, 1.807) is 41.3 Å². The molecule has 4 aromatic carbocycles. The minimum absolute atomic E-state index is 0.101. The Morgan fingerprint density at radius 2 is 1.69 bits per heavy atom. The predicted molar refractivity (Wildman–Crippen MR) is 157 cm³/mol. The highest BCUT2D eigenvalue weighted by Crippen LogP contribution is 2.34. The summed E-state index contributed by atoms with van der Waals surface area (Å²) in [6.45, 7) is 2.25. The smallest absolute Gasteiger partial charge is 0.261 e. The van der Waals surface area contributed by atoms with Crippen molar-refractivity contribution in [3.05, 3.63) is 113 Å². The van der Waals surface area contributed by atoms with Gasteiger partial charge in [0.25, 0.3) is 15.9 Å². The van der Waals surface area contributed by atoms with Crippen molar-refractivity contribution in [3.8, 4) is 5.75 Å². The van der Waals surface area contributed by atoms with Gasteiger partial charge in [-0.3, -0.25) is 14.4 Å². The lowest BCUT2D eigenvalue weighted by molar-refractivity contribution is 0.0985. The van der Waals surface area contributed by atoms with Crippen LogP contribution in [0.1, 0.15) is 21.5 Å². The molecule has 1 aromatic heterocycles. The standard InChI is InChI=1S/C29H24ClN3O4S2/c1-19-16-22(30)17-26-27(19)31-29(38-26)33(18-20-6-4-3-5-7-20)28(34)21-8-10-23(11-9-21)32-39(35,36)25-14-12-24(37-2)13-15-25/h3-17,32H,18H2,1-2H3. The largest absolute Gasteiger partial charge is 0.497 e. The molecule has 1 amide bonds. The molecule has 0 atom stereocenters. The highest BCUT2D eigenvalue weighted by Gasteiger charge is 2.23. The van der Waals surface area contributed by atoms with Crippen LogP contribution in [0.15, 0.2) is 95.9 Å². The molecular formula is C29H24ClN3O4S2. The third kappa shape index (κ3) is 5.90. The number of methoxy groups -OCH3 is 1. The summed E-state index contributed by atoms with van der Waals surface area (Å²) in [7, 11) is -2.30. The molecule has 0 aliphatic heterocycles. The number of nitrogens with one attached hydrogen (secondary N) is 1. The second-order valence-corrected chi connectivity index (χ2v) is 11.9. The second-order valence-electron chi connectivity index (χ2n) is 8.80. The van der Waals surface area contributed by atoms with E-state index in [0.717, 1.165) is 21.3 Å². The number of aromatic nitrogens is 1. The fourth-order valence-corrected chi connectivity index (χ4v) is 6.53. The molecule has 10 heteroatoms. The van der Waals surface area contributed by atoms with Crippen molar-refractivity contribution in [2.45, 2.75) is 18.4 Å². The lowest BCUT2D eigenvalue weighted by atomic mass is 10.1. The SMILES string of the molecule is COc1ccc(S(=O)(=O)Nc2ccc(C(=O)N(Cc3ccccc3)c3nc4c(C)cc(Cl)cc4s3)cc2)cc1. The van der Waals surface area contributed by atoms with Crippen LogP contribution in [-0.4, -0.2) is 26.4 Å². The second kappa shape index (κ2) is 11.1. The number of benzene rings is 4. The molecule has 0 aliphatic carbocycles. The summed E-state index contributed by atoms with van der Waals surface area (Å²) < 4.78 is 34.2. The van der Waals surface area contributed by atoms with Crippen molar-refractivity contribution in [1.82, 2.24) is 4.98 Å². The monoisotopic (exact) mass is 577 g/mol. The van der Waals surface area contributed by atoms with Gasteiger partial charge >= 0.3 is 0 Å². The molecule has 1 heterocycles. The Hall–Kier alpha value is -3.92. The first-order valence-corrected chi connectivity index (χ1v) is 14.6. The average Bonchev–Trinajstić information content (AvgIpc) is 3.36. The maximum Gasteiger partial charge on any atom is 0.261 e. The van der Waals surface area contributed by atoms with E-state index in [2.05, 4.69) is 4.72 Å². The van der Waals surface area contributed by atoms with E-state index in [1.165, 1.54) is 30.6 Å². The molecule has 198 valence electrons. The summed E-state index contributed by atoms with van der Waals surface area (Å²) >= 11 is 7.65. The number of hydrogen-bond acceptors (Lipinski definition) is 6. The van der Waals surface area contributed by atoms with Crippen LogP contribution in [0.3, 0.4) is 0 Å². The number of ether oxygens (including phenoxy) is 1. The molecule has 0 saturated carbocycles. The molecule has 0 aliphatic rings. The normalized spacial score (nSPS) is 11.4. The third-order valence-electron chi connectivity index (χ3n) is 6.05. The fourth-order valence-electron chi connectivity index (χ4n) is 4.06. The first-order chi connectivity index (χ1) is 18.7. The van der Waals surface area contributed by atoms with Gasteiger partial charge in [-0.15, -0.1) is 0 Å². The summed E-state index contributed by atoms with van der Waals surface area (Å²) in [5, 5.41) is 1.16. The van der Waals surface area contributed by atoms with Crippen LogP contribution in [0.2, 0.25) is 5.02 Å². The number of thiazole rings is 1. The van der Waals surface area contributed by atoms with Gasteiger partial charge in [0, 0.05) is 16.3 Å². The number of carbonyl (C=O) groups is 1. The molecular weight excluding hydrogens is 554 g/mol. The van der Waals surface area contributed by atoms with Crippen molar-refractivity contribution in [1.29, 1.82) is 0 Å². The number of halogens is 1. The number of fused-ring (bicyclic) bond motifs is 1. The third-order valence-corrected chi connectivity index (χ3v) is 8.69. The number of hydrogen-bond donors (Lipinski definition) is 1. The van der Waals surface area contributed by atoms with Crippen LogP contribution in [0.4, 0.5) is 10.8 Å². The molecule has 7 nitrogen and oxygen atoms in total. The van der Waals surface area contributed by atoms with Gasteiger partial charge in [0.1, 0.15) is 5.75 Å². The van der Waals surface area contributed by atoms with Gasteiger partial charge in [0.2, 0.25) is 0 Å².